The topological polar surface area (TPSA) is 44.4 Å². The number of anilines is 1. The largest absolute Gasteiger partial charge is 0.325 e. The molecule has 0 aromatic heterocycles. The summed E-state index contributed by atoms with van der Waals surface area (Å²) < 4.78 is 0. The fraction of sp³-hybridized carbons (Fsp3) is 0.588. The van der Waals surface area contributed by atoms with Crippen LogP contribution >= 0.6 is 24.0 Å². The molecule has 1 aromatic rings. The van der Waals surface area contributed by atoms with Crippen LogP contribution in [0.2, 0.25) is 5.02 Å². The van der Waals surface area contributed by atoms with Crippen LogP contribution in [0.5, 0.6) is 0 Å². The molecule has 1 saturated heterocycles. The number of hydrogen-bond acceptors (Lipinski definition) is 3. The van der Waals surface area contributed by atoms with E-state index in [4.69, 9.17) is 11.6 Å². The van der Waals surface area contributed by atoms with Crippen LogP contribution in [-0.4, -0.2) is 43.0 Å². The molecule has 2 N–H and O–H groups in total. The van der Waals surface area contributed by atoms with Gasteiger partial charge in [0.1, 0.15) is 0 Å². The normalized spacial score (nSPS) is 15.3. The lowest BCUT2D eigenvalue weighted by molar-refractivity contribution is -0.118. The van der Waals surface area contributed by atoms with Crippen molar-refractivity contribution in [2.75, 3.05) is 31.5 Å². The number of rotatable bonds is 6. The molecular weight excluding hydrogens is 333 g/mol. The first-order chi connectivity index (χ1) is 10.6. The number of benzene rings is 1. The number of nitrogens with one attached hydrogen (secondary N) is 2. The van der Waals surface area contributed by atoms with Gasteiger partial charge in [0.15, 0.2) is 0 Å². The molecule has 0 saturated carbocycles. The Kier molecular flexibility index (Phi) is 8.92. The Bertz CT molecular complexity index is 505. The van der Waals surface area contributed by atoms with Crippen molar-refractivity contribution < 1.29 is 4.79 Å². The zero-order valence-corrected chi connectivity index (χ0v) is 15.5. The molecule has 1 heterocycles. The third-order valence-electron chi connectivity index (χ3n) is 4.22. The standard InChI is InChI=1S/C17H26ClN3O.ClH/c1-3-11-21(14-7-9-19-10-8-14)12-17(22)20-16-6-4-5-15(18)13(16)2;/h4-6,14,19H,3,7-12H2,1-2H3,(H,20,22);1H. The lowest BCUT2D eigenvalue weighted by Gasteiger charge is -2.34. The maximum atomic E-state index is 12.4. The highest BCUT2D eigenvalue weighted by Gasteiger charge is 2.22. The minimum atomic E-state index is 0. The van der Waals surface area contributed by atoms with E-state index in [1.807, 2.05) is 25.1 Å². The maximum absolute atomic E-state index is 12.4. The van der Waals surface area contributed by atoms with Gasteiger partial charge in [-0.1, -0.05) is 24.6 Å². The van der Waals surface area contributed by atoms with Crippen molar-refractivity contribution in [1.29, 1.82) is 0 Å². The first kappa shape index (κ1) is 20.2. The molecule has 130 valence electrons. The highest BCUT2D eigenvalue weighted by atomic mass is 35.5. The SMILES string of the molecule is CCCN(CC(=O)Nc1cccc(Cl)c1C)C1CCNCC1.Cl. The van der Waals surface area contributed by atoms with Crippen LogP contribution in [0.25, 0.3) is 0 Å². The summed E-state index contributed by atoms with van der Waals surface area (Å²) in [6, 6.07) is 6.10. The van der Waals surface area contributed by atoms with Gasteiger partial charge in [-0.2, -0.15) is 0 Å². The number of halogens is 2. The Morgan fingerprint density at radius 2 is 2.09 bits per heavy atom. The lowest BCUT2D eigenvalue weighted by atomic mass is 10.0. The van der Waals surface area contributed by atoms with E-state index >= 15 is 0 Å². The van der Waals surface area contributed by atoms with Crippen molar-refractivity contribution in [2.45, 2.75) is 39.2 Å². The van der Waals surface area contributed by atoms with E-state index in [9.17, 15) is 4.79 Å². The Morgan fingerprint density at radius 1 is 1.39 bits per heavy atom. The molecule has 1 aliphatic rings. The third-order valence-corrected chi connectivity index (χ3v) is 4.63. The molecule has 1 aromatic carbocycles. The van der Waals surface area contributed by atoms with E-state index < -0.39 is 0 Å². The van der Waals surface area contributed by atoms with Crippen LogP contribution in [0.15, 0.2) is 18.2 Å². The zero-order chi connectivity index (χ0) is 15.9. The van der Waals surface area contributed by atoms with Crippen molar-refractivity contribution in [2.24, 2.45) is 0 Å². The Morgan fingerprint density at radius 3 is 2.74 bits per heavy atom. The number of piperidine rings is 1. The average molecular weight is 360 g/mol. The van der Waals surface area contributed by atoms with Crippen molar-refractivity contribution >= 4 is 35.6 Å². The van der Waals surface area contributed by atoms with Crippen molar-refractivity contribution in [3.8, 4) is 0 Å². The number of nitrogens with zero attached hydrogens (tertiary/aromatic N) is 1. The number of carbonyl (C=O) groups excluding carboxylic acids is 1. The van der Waals surface area contributed by atoms with E-state index in [0.717, 1.165) is 50.1 Å². The second-order valence-corrected chi connectivity index (χ2v) is 6.32. The number of hydrogen-bond donors (Lipinski definition) is 2. The van der Waals surface area contributed by atoms with E-state index in [1.165, 1.54) is 0 Å². The predicted molar refractivity (Wildman–Crippen MR) is 99.8 cm³/mol. The van der Waals surface area contributed by atoms with Crippen molar-refractivity contribution in [1.82, 2.24) is 10.2 Å². The van der Waals surface area contributed by atoms with Gasteiger partial charge in [0.05, 0.1) is 6.54 Å². The minimum absolute atomic E-state index is 0. The quantitative estimate of drug-likeness (QED) is 0.817. The zero-order valence-electron chi connectivity index (χ0n) is 13.9. The highest BCUT2D eigenvalue weighted by molar-refractivity contribution is 6.31. The summed E-state index contributed by atoms with van der Waals surface area (Å²) in [7, 11) is 0. The van der Waals surface area contributed by atoms with Gasteiger partial charge in [0.25, 0.3) is 0 Å². The molecule has 6 heteroatoms. The molecule has 0 radical (unpaired) electrons. The Balaban J connectivity index is 0.00000264. The molecule has 1 amide bonds. The van der Waals surface area contributed by atoms with Crippen molar-refractivity contribution in [3.05, 3.63) is 28.8 Å². The van der Waals surface area contributed by atoms with E-state index in [2.05, 4.69) is 22.5 Å². The van der Waals surface area contributed by atoms with Gasteiger partial charge in [-0.15, -0.1) is 12.4 Å². The fourth-order valence-corrected chi connectivity index (χ4v) is 3.14. The van der Waals surface area contributed by atoms with Crippen molar-refractivity contribution in [3.63, 3.8) is 0 Å². The summed E-state index contributed by atoms with van der Waals surface area (Å²) >= 11 is 6.11. The summed E-state index contributed by atoms with van der Waals surface area (Å²) in [5, 5.41) is 7.06. The molecular formula is C17H27Cl2N3O. The third kappa shape index (κ3) is 5.96. The molecule has 4 nitrogen and oxygen atoms in total. The van der Waals surface area contributed by atoms with Crippen LogP contribution in [-0.2, 0) is 4.79 Å². The summed E-state index contributed by atoms with van der Waals surface area (Å²) in [5.41, 5.74) is 1.72. The molecule has 0 aliphatic carbocycles. The molecule has 1 fully saturated rings. The van der Waals surface area contributed by atoms with Crippen LogP contribution in [0, 0.1) is 6.92 Å². The van der Waals surface area contributed by atoms with Crippen LogP contribution < -0.4 is 10.6 Å². The van der Waals surface area contributed by atoms with Gasteiger partial charge in [0.2, 0.25) is 5.91 Å². The predicted octanol–water partition coefficient (Wildman–Crippen LogP) is 3.47. The van der Waals surface area contributed by atoms with Gasteiger partial charge in [0, 0.05) is 16.8 Å². The summed E-state index contributed by atoms with van der Waals surface area (Å²) in [4.78, 5) is 14.7. The first-order valence-electron chi connectivity index (χ1n) is 8.11. The molecule has 0 spiro atoms. The molecule has 0 atom stereocenters. The second-order valence-electron chi connectivity index (χ2n) is 5.91. The minimum Gasteiger partial charge on any atom is -0.325 e. The Labute approximate surface area is 150 Å². The van der Waals surface area contributed by atoms with E-state index in [1.54, 1.807) is 0 Å². The molecule has 23 heavy (non-hydrogen) atoms. The van der Waals surface area contributed by atoms with Gasteiger partial charge >= 0.3 is 0 Å². The van der Waals surface area contributed by atoms with E-state index in [-0.39, 0.29) is 18.3 Å². The number of carbonyl (C=O) groups is 1. The van der Waals surface area contributed by atoms with Gasteiger partial charge in [-0.3, -0.25) is 9.69 Å². The van der Waals surface area contributed by atoms with Crippen LogP contribution in [0.4, 0.5) is 5.69 Å². The van der Waals surface area contributed by atoms with Gasteiger partial charge < -0.3 is 10.6 Å². The summed E-state index contributed by atoms with van der Waals surface area (Å²) in [6.07, 6.45) is 3.29. The number of amides is 1. The highest BCUT2D eigenvalue weighted by Crippen LogP contribution is 2.23. The van der Waals surface area contributed by atoms with Crippen LogP contribution in [0.3, 0.4) is 0 Å². The molecule has 0 unspecified atom stereocenters. The fourth-order valence-electron chi connectivity index (χ4n) is 2.97. The van der Waals surface area contributed by atoms with Gasteiger partial charge in [-0.05, 0) is 63.5 Å². The smallest absolute Gasteiger partial charge is 0.238 e. The Hall–Kier alpha value is -0.810. The van der Waals surface area contributed by atoms with Crippen LogP contribution in [0.1, 0.15) is 31.7 Å². The maximum Gasteiger partial charge on any atom is 0.238 e. The van der Waals surface area contributed by atoms with Gasteiger partial charge in [-0.25, -0.2) is 0 Å². The monoisotopic (exact) mass is 359 g/mol. The second kappa shape index (κ2) is 10.1. The first-order valence-corrected chi connectivity index (χ1v) is 8.49. The summed E-state index contributed by atoms with van der Waals surface area (Å²) in [5.74, 6) is 0.0392. The lowest BCUT2D eigenvalue weighted by Crippen LogP contribution is -2.46. The molecule has 2 rings (SSSR count). The van der Waals surface area contributed by atoms with E-state index in [0.29, 0.717) is 17.6 Å². The average Bonchev–Trinajstić information content (AvgIpc) is 2.52. The molecule has 0 bridgehead atoms. The summed E-state index contributed by atoms with van der Waals surface area (Å²) in [6.45, 7) is 7.58. The molecule has 1 aliphatic heterocycles.